The second-order valence-electron chi connectivity index (χ2n) is 6.12. The van der Waals surface area contributed by atoms with Crippen LogP contribution in [0.3, 0.4) is 0 Å². The van der Waals surface area contributed by atoms with Crippen LogP contribution in [0.15, 0.2) is 24.3 Å². The summed E-state index contributed by atoms with van der Waals surface area (Å²) in [7, 11) is 0. The molecule has 3 rings (SSSR count). The zero-order valence-corrected chi connectivity index (χ0v) is 12.4. The number of nitrogens with one attached hydrogen (secondary N) is 3. The van der Waals surface area contributed by atoms with Gasteiger partial charge >= 0.3 is 0 Å². The number of hydrazine groups is 1. The van der Waals surface area contributed by atoms with Gasteiger partial charge in [0.15, 0.2) is 0 Å². The lowest BCUT2D eigenvalue weighted by Gasteiger charge is -2.31. The van der Waals surface area contributed by atoms with Gasteiger partial charge in [0.05, 0.1) is 6.10 Å². The molecule has 1 aromatic carbocycles. The molecular weight excluding hydrogens is 285 g/mol. The van der Waals surface area contributed by atoms with Crippen LogP contribution in [-0.4, -0.2) is 30.1 Å². The Kier molecular flexibility index (Phi) is 4.71. The Balaban J connectivity index is 1.57. The number of amides is 1. The van der Waals surface area contributed by atoms with Crippen molar-refractivity contribution in [1.29, 1.82) is 0 Å². The molecule has 4 atom stereocenters. The summed E-state index contributed by atoms with van der Waals surface area (Å²) in [4.78, 5) is 12.4. The summed E-state index contributed by atoms with van der Waals surface area (Å²) in [5, 5.41) is 12.8. The molecule has 0 radical (unpaired) electrons. The minimum Gasteiger partial charge on any atom is -0.386 e. The van der Waals surface area contributed by atoms with Gasteiger partial charge in [0.1, 0.15) is 5.82 Å². The van der Waals surface area contributed by atoms with Gasteiger partial charge < -0.3 is 10.4 Å². The van der Waals surface area contributed by atoms with E-state index < -0.39 is 11.9 Å². The predicted octanol–water partition coefficient (Wildman–Crippen LogP) is 0.868. The van der Waals surface area contributed by atoms with E-state index >= 15 is 0 Å². The fraction of sp³-hybridized carbons (Fsp3) is 0.562. The first-order valence-electron chi connectivity index (χ1n) is 7.85. The molecule has 5 nitrogen and oxygen atoms in total. The summed E-state index contributed by atoms with van der Waals surface area (Å²) >= 11 is 0. The van der Waals surface area contributed by atoms with Gasteiger partial charge in [-0.3, -0.25) is 15.6 Å². The lowest BCUT2D eigenvalue weighted by molar-refractivity contribution is -0.128. The standard InChI is InChI=1S/C16H22FN3O2/c17-13-6-2-1-4-11(13)15(21)9-18-16(22)10-5-3-7-14-12(10)8-19-20-14/h1-2,4,6,10,12,14-15,19-21H,3,5,7-9H2,(H,18,22). The number of hydrogen-bond donors (Lipinski definition) is 4. The van der Waals surface area contributed by atoms with Crippen LogP contribution >= 0.6 is 0 Å². The van der Waals surface area contributed by atoms with Crippen molar-refractivity contribution in [3.8, 4) is 0 Å². The molecule has 0 aromatic heterocycles. The summed E-state index contributed by atoms with van der Waals surface area (Å²) in [6, 6.07) is 6.44. The Morgan fingerprint density at radius 2 is 2.23 bits per heavy atom. The molecule has 22 heavy (non-hydrogen) atoms. The maximum Gasteiger partial charge on any atom is 0.223 e. The van der Waals surface area contributed by atoms with E-state index in [0.29, 0.717) is 12.0 Å². The van der Waals surface area contributed by atoms with E-state index in [0.717, 1.165) is 25.8 Å². The third kappa shape index (κ3) is 3.14. The van der Waals surface area contributed by atoms with Gasteiger partial charge in [-0.25, -0.2) is 4.39 Å². The third-order valence-corrected chi connectivity index (χ3v) is 4.76. The quantitative estimate of drug-likeness (QED) is 0.666. The Morgan fingerprint density at radius 3 is 3.05 bits per heavy atom. The maximum absolute atomic E-state index is 13.6. The minimum absolute atomic E-state index is 0.0362. The Bertz CT molecular complexity index is 540. The lowest BCUT2D eigenvalue weighted by Crippen LogP contribution is -2.44. The van der Waals surface area contributed by atoms with Gasteiger partial charge in [-0.15, -0.1) is 0 Å². The monoisotopic (exact) mass is 307 g/mol. The van der Waals surface area contributed by atoms with E-state index in [4.69, 9.17) is 0 Å². The highest BCUT2D eigenvalue weighted by Crippen LogP contribution is 2.32. The fourth-order valence-electron chi connectivity index (χ4n) is 3.55. The van der Waals surface area contributed by atoms with E-state index in [1.807, 2.05) is 0 Å². The van der Waals surface area contributed by atoms with Crippen LogP contribution in [0.5, 0.6) is 0 Å². The molecule has 0 spiro atoms. The van der Waals surface area contributed by atoms with Crippen molar-refractivity contribution in [2.24, 2.45) is 11.8 Å². The Labute approximate surface area is 129 Å². The number of carbonyl (C=O) groups excluding carboxylic acids is 1. The number of aliphatic hydroxyl groups is 1. The largest absolute Gasteiger partial charge is 0.386 e. The number of rotatable bonds is 4. The lowest BCUT2D eigenvalue weighted by atomic mass is 9.76. The van der Waals surface area contributed by atoms with E-state index in [2.05, 4.69) is 16.2 Å². The van der Waals surface area contributed by atoms with E-state index in [-0.39, 0.29) is 23.9 Å². The highest BCUT2D eigenvalue weighted by atomic mass is 19.1. The average molecular weight is 307 g/mol. The first-order chi connectivity index (χ1) is 10.7. The number of carbonyl (C=O) groups is 1. The normalized spacial score (nSPS) is 28.9. The molecule has 1 saturated carbocycles. The van der Waals surface area contributed by atoms with Gasteiger partial charge in [-0.05, 0) is 18.9 Å². The van der Waals surface area contributed by atoms with E-state index in [9.17, 15) is 14.3 Å². The number of aliphatic hydroxyl groups excluding tert-OH is 1. The Hall–Kier alpha value is -1.50. The van der Waals surface area contributed by atoms with Crippen LogP contribution in [0.4, 0.5) is 4.39 Å². The first-order valence-corrected chi connectivity index (χ1v) is 7.85. The number of fused-ring (bicyclic) bond motifs is 1. The van der Waals surface area contributed by atoms with Crippen molar-refractivity contribution in [2.45, 2.75) is 31.4 Å². The van der Waals surface area contributed by atoms with Gasteiger partial charge in [-0.1, -0.05) is 24.6 Å². The maximum atomic E-state index is 13.6. The van der Waals surface area contributed by atoms with Crippen LogP contribution in [0, 0.1) is 17.7 Å². The van der Waals surface area contributed by atoms with Gasteiger partial charge in [-0.2, -0.15) is 0 Å². The molecular formula is C16H22FN3O2. The minimum atomic E-state index is -1.02. The molecule has 1 aliphatic carbocycles. The predicted molar refractivity (Wildman–Crippen MR) is 80.1 cm³/mol. The number of hydrogen-bond acceptors (Lipinski definition) is 4. The molecule has 2 aliphatic rings. The summed E-state index contributed by atoms with van der Waals surface area (Å²) in [6.45, 7) is 0.827. The average Bonchev–Trinajstić information content (AvgIpc) is 3.01. The first kappa shape index (κ1) is 15.4. The summed E-state index contributed by atoms with van der Waals surface area (Å²) in [6.07, 6.45) is 1.94. The smallest absolute Gasteiger partial charge is 0.223 e. The molecule has 1 heterocycles. The van der Waals surface area contributed by atoms with Crippen molar-refractivity contribution in [2.75, 3.05) is 13.1 Å². The molecule has 1 aliphatic heterocycles. The molecule has 1 saturated heterocycles. The summed E-state index contributed by atoms with van der Waals surface area (Å²) < 4.78 is 13.6. The van der Waals surface area contributed by atoms with Crippen molar-refractivity contribution < 1.29 is 14.3 Å². The molecule has 120 valence electrons. The number of benzene rings is 1. The van der Waals surface area contributed by atoms with Crippen molar-refractivity contribution in [3.63, 3.8) is 0 Å². The zero-order chi connectivity index (χ0) is 15.5. The van der Waals surface area contributed by atoms with Crippen LogP contribution < -0.4 is 16.2 Å². The molecule has 4 unspecified atom stereocenters. The summed E-state index contributed by atoms with van der Waals surface area (Å²) in [5.74, 6) is -0.254. The second-order valence-corrected chi connectivity index (χ2v) is 6.12. The topological polar surface area (TPSA) is 73.4 Å². The third-order valence-electron chi connectivity index (χ3n) is 4.76. The zero-order valence-electron chi connectivity index (χ0n) is 12.4. The molecule has 1 aromatic rings. The SMILES string of the molecule is O=C(NCC(O)c1ccccc1F)C1CCCC2NNCC21. The number of halogens is 1. The molecule has 0 bridgehead atoms. The van der Waals surface area contributed by atoms with Crippen LogP contribution in [-0.2, 0) is 4.79 Å². The van der Waals surface area contributed by atoms with Crippen LogP contribution in [0.25, 0.3) is 0 Å². The highest BCUT2D eigenvalue weighted by Gasteiger charge is 2.40. The Morgan fingerprint density at radius 1 is 1.41 bits per heavy atom. The van der Waals surface area contributed by atoms with Crippen molar-refractivity contribution in [1.82, 2.24) is 16.2 Å². The summed E-state index contributed by atoms with van der Waals surface area (Å²) in [5.41, 5.74) is 6.55. The second kappa shape index (κ2) is 6.73. The van der Waals surface area contributed by atoms with Crippen molar-refractivity contribution >= 4 is 5.91 Å². The van der Waals surface area contributed by atoms with Crippen molar-refractivity contribution in [3.05, 3.63) is 35.6 Å². The molecule has 4 N–H and O–H groups in total. The highest BCUT2D eigenvalue weighted by molar-refractivity contribution is 5.79. The van der Waals surface area contributed by atoms with Gasteiger partial charge in [0, 0.05) is 36.5 Å². The van der Waals surface area contributed by atoms with E-state index in [1.54, 1.807) is 12.1 Å². The molecule has 1 amide bonds. The molecule has 2 fully saturated rings. The fourth-order valence-corrected chi connectivity index (χ4v) is 3.55. The van der Waals surface area contributed by atoms with Crippen LogP contribution in [0.2, 0.25) is 0 Å². The van der Waals surface area contributed by atoms with Gasteiger partial charge in [0.2, 0.25) is 5.91 Å². The van der Waals surface area contributed by atoms with Crippen LogP contribution in [0.1, 0.15) is 30.9 Å². The molecule has 6 heteroatoms. The van der Waals surface area contributed by atoms with E-state index in [1.165, 1.54) is 12.1 Å². The van der Waals surface area contributed by atoms with Gasteiger partial charge in [0.25, 0.3) is 0 Å².